The molecule has 0 spiro atoms. The number of benzene rings is 2. The van der Waals surface area contributed by atoms with Gasteiger partial charge in [-0.3, -0.25) is 4.79 Å². The molecule has 3 rings (SSSR count). The van der Waals surface area contributed by atoms with Crippen molar-refractivity contribution in [3.63, 3.8) is 0 Å². The molecule has 1 aliphatic rings. The Labute approximate surface area is 189 Å². The number of piperidine rings is 1. The standard InChI is InChI=1S/C23H30N2O4S2/c1-19(30-18-20-8-4-2-5-9-20)23(26)24-14-17-29-21-10-12-22(13-11-21)31(27,28)25-15-6-3-7-16-25/h2,4-5,8-13,19H,3,6-7,14-18H2,1H3,(H,24,26)/t19-/m0/s1. The summed E-state index contributed by atoms with van der Waals surface area (Å²) in [5.74, 6) is 1.35. The lowest BCUT2D eigenvalue weighted by molar-refractivity contribution is -0.120. The van der Waals surface area contributed by atoms with Crippen molar-refractivity contribution < 1.29 is 17.9 Å². The molecule has 31 heavy (non-hydrogen) atoms. The molecule has 2 aromatic carbocycles. The number of thioether (sulfide) groups is 1. The molecule has 1 amide bonds. The molecule has 2 aromatic rings. The van der Waals surface area contributed by atoms with Crippen LogP contribution in [0.4, 0.5) is 0 Å². The first-order valence-corrected chi connectivity index (χ1v) is 13.1. The molecule has 0 unspecified atom stereocenters. The average Bonchev–Trinajstić information content (AvgIpc) is 2.81. The first-order chi connectivity index (χ1) is 15.0. The predicted molar refractivity (Wildman–Crippen MR) is 125 cm³/mol. The van der Waals surface area contributed by atoms with Gasteiger partial charge < -0.3 is 10.1 Å². The molecule has 1 heterocycles. The first-order valence-electron chi connectivity index (χ1n) is 10.6. The van der Waals surface area contributed by atoms with E-state index < -0.39 is 10.0 Å². The summed E-state index contributed by atoms with van der Waals surface area (Å²) in [5.41, 5.74) is 1.20. The van der Waals surface area contributed by atoms with Crippen LogP contribution in [0.2, 0.25) is 0 Å². The van der Waals surface area contributed by atoms with E-state index in [1.807, 2.05) is 25.1 Å². The average molecular weight is 463 g/mol. The second-order valence-electron chi connectivity index (χ2n) is 7.51. The Kier molecular flexibility index (Phi) is 8.80. The Morgan fingerprint density at radius 1 is 1.06 bits per heavy atom. The third-order valence-corrected chi connectivity index (χ3v) is 8.29. The van der Waals surface area contributed by atoms with Gasteiger partial charge in [-0.2, -0.15) is 4.31 Å². The summed E-state index contributed by atoms with van der Waals surface area (Å²) in [6, 6.07) is 16.6. The number of carbonyl (C=O) groups excluding carboxylic acids is 1. The van der Waals surface area contributed by atoms with Crippen LogP contribution in [0.5, 0.6) is 5.75 Å². The number of ether oxygens (including phenoxy) is 1. The van der Waals surface area contributed by atoms with Gasteiger partial charge in [0.1, 0.15) is 12.4 Å². The summed E-state index contributed by atoms with van der Waals surface area (Å²) in [7, 11) is -3.43. The number of amides is 1. The number of sulfonamides is 1. The summed E-state index contributed by atoms with van der Waals surface area (Å²) in [4.78, 5) is 12.5. The number of carbonyl (C=O) groups is 1. The maximum atomic E-state index is 12.7. The zero-order valence-corrected chi connectivity index (χ0v) is 19.5. The van der Waals surface area contributed by atoms with Crippen LogP contribution in [0.25, 0.3) is 0 Å². The van der Waals surface area contributed by atoms with Crippen molar-refractivity contribution in [2.75, 3.05) is 26.2 Å². The predicted octanol–water partition coefficient (Wildman–Crippen LogP) is 3.68. The van der Waals surface area contributed by atoms with E-state index in [1.165, 1.54) is 5.56 Å². The van der Waals surface area contributed by atoms with Crippen LogP contribution >= 0.6 is 11.8 Å². The van der Waals surface area contributed by atoms with Crippen LogP contribution in [0.1, 0.15) is 31.7 Å². The van der Waals surface area contributed by atoms with Gasteiger partial charge >= 0.3 is 0 Å². The Morgan fingerprint density at radius 2 is 1.74 bits per heavy atom. The van der Waals surface area contributed by atoms with E-state index in [9.17, 15) is 13.2 Å². The van der Waals surface area contributed by atoms with Crippen molar-refractivity contribution in [1.29, 1.82) is 0 Å². The lowest BCUT2D eigenvalue weighted by Crippen LogP contribution is -2.35. The zero-order valence-electron chi connectivity index (χ0n) is 17.8. The normalized spacial score (nSPS) is 15.9. The fraction of sp³-hybridized carbons (Fsp3) is 0.435. The first kappa shape index (κ1) is 23.6. The molecule has 1 fully saturated rings. The molecule has 1 saturated heterocycles. The molecule has 0 bridgehead atoms. The van der Waals surface area contributed by atoms with Crippen LogP contribution in [-0.2, 0) is 20.6 Å². The fourth-order valence-corrected chi connectivity index (χ4v) is 5.71. The van der Waals surface area contributed by atoms with Gasteiger partial charge in [0.05, 0.1) is 16.7 Å². The van der Waals surface area contributed by atoms with E-state index >= 15 is 0 Å². The minimum Gasteiger partial charge on any atom is -0.492 e. The van der Waals surface area contributed by atoms with E-state index in [0.717, 1.165) is 25.0 Å². The molecular weight excluding hydrogens is 432 g/mol. The smallest absolute Gasteiger partial charge is 0.243 e. The van der Waals surface area contributed by atoms with Crippen LogP contribution in [0.15, 0.2) is 59.5 Å². The van der Waals surface area contributed by atoms with Gasteiger partial charge in [0.15, 0.2) is 0 Å². The van der Waals surface area contributed by atoms with Crippen LogP contribution in [0, 0.1) is 0 Å². The highest BCUT2D eigenvalue weighted by Gasteiger charge is 2.25. The second kappa shape index (κ2) is 11.5. The largest absolute Gasteiger partial charge is 0.492 e. The molecule has 8 heteroatoms. The van der Waals surface area contributed by atoms with Gasteiger partial charge in [-0.05, 0) is 49.6 Å². The summed E-state index contributed by atoms with van der Waals surface area (Å²) < 4.78 is 32.6. The van der Waals surface area contributed by atoms with Crippen molar-refractivity contribution in [2.24, 2.45) is 0 Å². The number of rotatable bonds is 10. The minimum absolute atomic E-state index is 0.0208. The maximum Gasteiger partial charge on any atom is 0.243 e. The highest BCUT2D eigenvalue weighted by molar-refractivity contribution is 7.99. The van der Waals surface area contributed by atoms with E-state index in [1.54, 1.807) is 40.3 Å². The lowest BCUT2D eigenvalue weighted by atomic mass is 10.2. The number of nitrogens with one attached hydrogen (secondary N) is 1. The van der Waals surface area contributed by atoms with Crippen molar-refractivity contribution in [1.82, 2.24) is 9.62 Å². The zero-order chi connectivity index (χ0) is 22.1. The molecular formula is C23H30N2O4S2. The van der Waals surface area contributed by atoms with Gasteiger partial charge in [0.25, 0.3) is 0 Å². The molecule has 1 aliphatic heterocycles. The van der Waals surface area contributed by atoms with Gasteiger partial charge in [-0.15, -0.1) is 11.8 Å². The summed E-state index contributed by atoms with van der Waals surface area (Å²) >= 11 is 1.59. The van der Waals surface area contributed by atoms with Crippen molar-refractivity contribution in [3.8, 4) is 5.75 Å². The van der Waals surface area contributed by atoms with Crippen LogP contribution in [0.3, 0.4) is 0 Å². The third kappa shape index (κ3) is 6.98. The third-order valence-electron chi connectivity index (χ3n) is 5.16. The van der Waals surface area contributed by atoms with Crippen LogP contribution < -0.4 is 10.1 Å². The van der Waals surface area contributed by atoms with Gasteiger partial charge in [0, 0.05) is 18.8 Å². The van der Waals surface area contributed by atoms with E-state index in [0.29, 0.717) is 36.9 Å². The molecule has 0 aromatic heterocycles. The van der Waals surface area contributed by atoms with E-state index in [2.05, 4.69) is 17.4 Å². The fourth-order valence-electron chi connectivity index (χ4n) is 3.32. The summed E-state index contributed by atoms with van der Waals surface area (Å²) in [5, 5.41) is 2.73. The van der Waals surface area contributed by atoms with Crippen molar-refractivity contribution >= 4 is 27.7 Å². The Hall–Kier alpha value is -2.03. The van der Waals surface area contributed by atoms with E-state index in [4.69, 9.17) is 4.74 Å². The molecule has 0 radical (unpaired) electrons. The molecule has 168 valence electrons. The van der Waals surface area contributed by atoms with Crippen molar-refractivity contribution in [2.45, 2.75) is 42.1 Å². The van der Waals surface area contributed by atoms with Crippen LogP contribution in [-0.4, -0.2) is 50.1 Å². The highest BCUT2D eigenvalue weighted by Crippen LogP contribution is 2.22. The monoisotopic (exact) mass is 462 g/mol. The molecule has 6 nitrogen and oxygen atoms in total. The number of hydrogen-bond donors (Lipinski definition) is 1. The second-order valence-corrected chi connectivity index (χ2v) is 10.8. The Morgan fingerprint density at radius 3 is 2.42 bits per heavy atom. The minimum atomic E-state index is -3.43. The van der Waals surface area contributed by atoms with Gasteiger partial charge in [-0.1, -0.05) is 36.8 Å². The number of nitrogens with zero attached hydrogens (tertiary/aromatic N) is 1. The maximum absolute atomic E-state index is 12.7. The lowest BCUT2D eigenvalue weighted by Gasteiger charge is -2.25. The van der Waals surface area contributed by atoms with E-state index in [-0.39, 0.29) is 11.2 Å². The molecule has 1 N–H and O–H groups in total. The molecule has 0 saturated carbocycles. The number of hydrogen-bond acceptors (Lipinski definition) is 5. The quantitative estimate of drug-likeness (QED) is 0.545. The molecule has 1 atom stereocenters. The van der Waals surface area contributed by atoms with Crippen molar-refractivity contribution in [3.05, 3.63) is 60.2 Å². The molecule has 0 aliphatic carbocycles. The van der Waals surface area contributed by atoms with Gasteiger partial charge in [-0.25, -0.2) is 8.42 Å². The Bertz CT molecular complexity index is 928. The Balaban J connectivity index is 1.39. The topological polar surface area (TPSA) is 75.7 Å². The van der Waals surface area contributed by atoms with Gasteiger partial charge in [0.2, 0.25) is 15.9 Å². The highest BCUT2D eigenvalue weighted by atomic mass is 32.2. The summed E-state index contributed by atoms with van der Waals surface area (Å²) in [6.45, 7) is 3.78. The summed E-state index contributed by atoms with van der Waals surface area (Å²) in [6.07, 6.45) is 2.91. The SMILES string of the molecule is C[C@H](SCc1ccccc1)C(=O)NCCOc1ccc(S(=O)(=O)N2CCCCC2)cc1.